The van der Waals surface area contributed by atoms with Gasteiger partial charge in [0.2, 0.25) is 0 Å². The summed E-state index contributed by atoms with van der Waals surface area (Å²) in [5, 5.41) is 4.48. The van der Waals surface area contributed by atoms with Crippen LogP contribution in [0, 0.1) is 12.7 Å². The van der Waals surface area contributed by atoms with E-state index in [-0.39, 0.29) is 5.82 Å². The van der Waals surface area contributed by atoms with Crippen LogP contribution in [0.25, 0.3) is 5.65 Å². The minimum Gasteiger partial charge on any atom is -0.218 e. The highest BCUT2D eigenvalue weighted by Crippen LogP contribution is 2.09. The summed E-state index contributed by atoms with van der Waals surface area (Å²) in [5.74, 6) is 0.615. The van der Waals surface area contributed by atoms with Crippen molar-refractivity contribution in [3.05, 3.63) is 65.4 Å². The van der Waals surface area contributed by atoms with Crippen molar-refractivity contribution in [2.45, 2.75) is 19.8 Å². The fourth-order valence-corrected chi connectivity index (χ4v) is 2.09. The summed E-state index contributed by atoms with van der Waals surface area (Å²) in [5.41, 5.74) is 3.03. The van der Waals surface area contributed by atoms with Gasteiger partial charge in [0.1, 0.15) is 5.82 Å². The van der Waals surface area contributed by atoms with Gasteiger partial charge in [0.25, 0.3) is 0 Å². The molecule has 0 atom stereocenters. The number of benzene rings is 1. The van der Waals surface area contributed by atoms with Gasteiger partial charge in [-0.2, -0.15) is 5.10 Å². The minimum absolute atomic E-state index is 0.203. The van der Waals surface area contributed by atoms with Crippen LogP contribution in [0.1, 0.15) is 17.1 Å². The number of halogens is 1. The Balaban J connectivity index is 1.78. The summed E-state index contributed by atoms with van der Waals surface area (Å²) in [4.78, 5) is 4.48. The quantitative estimate of drug-likeness (QED) is 0.720. The van der Waals surface area contributed by atoms with E-state index < -0.39 is 0 Å². The van der Waals surface area contributed by atoms with Crippen LogP contribution in [0.5, 0.6) is 0 Å². The SMILES string of the molecule is Cc1cccc2nc(CCc3ccc(F)cc3)nn12. The fourth-order valence-electron chi connectivity index (χ4n) is 2.09. The highest BCUT2D eigenvalue weighted by Gasteiger charge is 2.05. The highest BCUT2D eigenvalue weighted by atomic mass is 19.1. The molecule has 0 aliphatic rings. The summed E-state index contributed by atoms with van der Waals surface area (Å²) >= 11 is 0. The number of fused-ring (bicyclic) bond motifs is 1. The summed E-state index contributed by atoms with van der Waals surface area (Å²) in [6.45, 7) is 2.01. The molecular formula is C15H14FN3. The van der Waals surface area contributed by atoms with Crippen LogP contribution in [-0.2, 0) is 12.8 Å². The number of aryl methyl sites for hydroxylation is 3. The number of nitrogens with zero attached hydrogens (tertiary/aromatic N) is 3. The Kier molecular flexibility index (Phi) is 2.99. The maximum absolute atomic E-state index is 12.8. The van der Waals surface area contributed by atoms with E-state index in [1.807, 2.05) is 29.6 Å². The first kappa shape index (κ1) is 11.8. The molecule has 0 saturated carbocycles. The third-order valence-electron chi connectivity index (χ3n) is 3.14. The van der Waals surface area contributed by atoms with Gasteiger partial charge >= 0.3 is 0 Å². The third-order valence-corrected chi connectivity index (χ3v) is 3.14. The first-order valence-electron chi connectivity index (χ1n) is 6.28. The lowest BCUT2D eigenvalue weighted by molar-refractivity contribution is 0.627. The Morgan fingerprint density at radius 3 is 2.58 bits per heavy atom. The van der Waals surface area contributed by atoms with Crippen molar-refractivity contribution in [1.82, 2.24) is 14.6 Å². The molecular weight excluding hydrogens is 241 g/mol. The second kappa shape index (κ2) is 4.80. The second-order valence-electron chi connectivity index (χ2n) is 4.59. The van der Waals surface area contributed by atoms with Crippen LogP contribution in [0.2, 0.25) is 0 Å². The molecule has 1 aromatic carbocycles. The summed E-state index contributed by atoms with van der Waals surface area (Å²) < 4.78 is 14.7. The Morgan fingerprint density at radius 1 is 1.05 bits per heavy atom. The van der Waals surface area contributed by atoms with E-state index in [0.717, 1.165) is 35.6 Å². The maximum Gasteiger partial charge on any atom is 0.155 e. The summed E-state index contributed by atoms with van der Waals surface area (Å²) in [7, 11) is 0. The molecule has 0 bridgehead atoms. The van der Waals surface area contributed by atoms with Crippen molar-refractivity contribution in [2.24, 2.45) is 0 Å². The van der Waals surface area contributed by atoms with Crippen LogP contribution in [0.4, 0.5) is 4.39 Å². The molecule has 0 N–H and O–H groups in total. The Hall–Kier alpha value is -2.23. The van der Waals surface area contributed by atoms with Crippen LogP contribution >= 0.6 is 0 Å². The monoisotopic (exact) mass is 255 g/mol. The zero-order valence-electron chi connectivity index (χ0n) is 10.7. The zero-order valence-corrected chi connectivity index (χ0v) is 10.7. The lowest BCUT2D eigenvalue weighted by Gasteiger charge is -1.98. The van der Waals surface area contributed by atoms with Crippen molar-refractivity contribution in [1.29, 1.82) is 0 Å². The molecule has 4 heteroatoms. The Labute approximate surface area is 110 Å². The van der Waals surface area contributed by atoms with Gasteiger partial charge < -0.3 is 0 Å². The van der Waals surface area contributed by atoms with Crippen LogP contribution < -0.4 is 0 Å². The van der Waals surface area contributed by atoms with E-state index in [9.17, 15) is 4.39 Å². The number of aromatic nitrogens is 3. The van der Waals surface area contributed by atoms with E-state index in [2.05, 4.69) is 10.1 Å². The normalized spacial score (nSPS) is 11.1. The van der Waals surface area contributed by atoms with Gasteiger partial charge in [0, 0.05) is 12.1 Å². The van der Waals surface area contributed by atoms with Gasteiger partial charge in [-0.3, -0.25) is 0 Å². The Bertz CT molecular complexity index is 701. The summed E-state index contributed by atoms with van der Waals surface area (Å²) in [6.07, 6.45) is 1.57. The molecule has 2 heterocycles. The van der Waals surface area contributed by atoms with Crippen molar-refractivity contribution in [2.75, 3.05) is 0 Å². The molecule has 3 aromatic rings. The van der Waals surface area contributed by atoms with Gasteiger partial charge in [-0.25, -0.2) is 13.9 Å². The molecule has 0 amide bonds. The zero-order chi connectivity index (χ0) is 13.2. The first-order valence-corrected chi connectivity index (χ1v) is 6.28. The molecule has 3 nitrogen and oxygen atoms in total. The van der Waals surface area contributed by atoms with Crippen molar-refractivity contribution in [3.8, 4) is 0 Å². The molecule has 0 saturated heterocycles. The largest absolute Gasteiger partial charge is 0.218 e. The van der Waals surface area contributed by atoms with Crippen molar-refractivity contribution < 1.29 is 4.39 Å². The second-order valence-corrected chi connectivity index (χ2v) is 4.59. The number of hydrogen-bond acceptors (Lipinski definition) is 2. The number of pyridine rings is 1. The van der Waals surface area contributed by atoms with E-state index in [1.165, 1.54) is 12.1 Å². The molecule has 0 spiro atoms. The van der Waals surface area contributed by atoms with Gasteiger partial charge in [-0.1, -0.05) is 18.2 Å². The lowest BCUT2D eigenvalue weighted by atomic mass is 10.1. The van der Waals surface area contributed by atoms with E-state index in [4.69, 9.17) is 0 Å². The highest BCUT2D eigenvalue weighted by molar-refractivity contribution is 5.38. The predicted molar refractivity (Wildman–Crippen MR) is 71.5 cm³/mol. The smallest absolute Gasteiger partial charge is 0.155 e. The standard InChI is InChI=1S/C15H14FN3/c1-11-3-2-4-15-17-14(18-19(11)15)10-7-12-5-8-13(16)9-6-12/h2-6,8-9H,7,10H2,1H3. The lowest BCUT2D eigenvalue weighted by Crippen LogP contribution is -1.96. The van der Waals surface area contributed by atoms with Crippen LogP contribution in [-0.4, -0.2) is 14.6 Å². The molecule has 0 aliphatic heterocycles. The van der Waals surface area contributed by atoms with Gasteiger partial charge in [0.05, 0.1) is 0 Å². The van der Waals surface area contributed by atoms with Crippen molar-refractivity contribution >= 4 is 5.65 Å². The molecule has 96 valence electrons. The maximum atomic E-state index is 12.8. The van der Waals surface area contributed by atoms with E-state index in [0.29, 0.717) is 0 Å². The molecule has 0 aliphatic carbocycles. The minimum atomic E-state index is -0.203. The van der Waals surface area contributed by atoms with E-state index in [1.54, 1.807) is 12.1 Å². The van der Waals surface area contributed by atoms with Crippen LogP contribution in [0.15, 0.2) is 42.5 Å². The molecule has 0 unspecified atom stereocenters. The van der Waals surface area contributed by atoms with Gasteiger partial charge in [0.15, 0.2) is 11.5 Å². The number of hydrogen-bond donors (Lipinski definition) is 0. The van der Waals surface area contributed by atoms with Gasteiger partial charge in [-0.15, -0.1) is 0 Å². The first-order chi connectivity index (χ1) is 9.22. The average Bonchev–Trinajstić information content (AvgIpc) is 2.83. The molecule has 3 rings (SSSR count). The van der Waals surface area contributed by atoms with Crippen LogP contribution in [0.3, 0.4) is 0 Å². The third kappa shape index (κ3) is 2.47. The molecule has 0 radical (unpaired) electrons. The fraction of sp³-hybridized carbons (Fsp3) is 0.200. The average molecular weight is 255 g/mol. The molecule has 2 aromatic heterocycles. The predicted octanol–water partition coefficient (Wildman–Crippen LogP) is 2.96. The van der Waals surface area contributed by atoms with Crippen molar-refractivity contribution in [3.63, 3.8) is 0 Å². The molecule has 0 fully saturated rings. The molecule has 19 heavy (non-hydrogen) atoms. The number of rotatable bonds is 3. The Morgan fingerprint density at radius 2 is 1.84 bits per heavy atom. The topological polar surface area (TPSA) is 30.2 Å². The summed E-state index contributed by atoms with van der Waals surface area (Å²) in [6, 6.07) is 12.5. The van der Waals surface area contributed by atoms with Gasteiger partial charge in [-0.05, 0) is 43.2 Å². The van der Waals surface area contributed by atoms with E-state index >= 15 is 0 Å².